The molecular weight excluding hydrogens is 698 g/mol. The number of fused-ring (bicyclic) bond motifs is 1. The maximum Gasteiger partial charge on any atom is 0.260 e. The van der Waals surface area contributed by atoms with Crippen LogP contribution in [0.3, 0.4) is 0 Å². The zero-order valence-corrected chi connectivity index (χ0v) is 31.9. The highest BCUT2D eigenvalue weighted by Crippen LogP contribution is 2.35. The summed E-state index contributed by atoms with van der Waals surface area (Å²) in [4.78, 5) is 35.7. The number of morpholine rings is 1. The summed E-state index contributed by atoms with van der Waals surface area (Å²) in [6.07, 6.45) is 0.766. The molecule has 2 aliphatic rings. The second-order valence-electron chi connectivity index (χ2n) is 14.0. The van der Waals surface area contributed by atoms with Gasteiger partial charge in [0.15, 0.2) is 0 Å². The minimum absolute atomic E-state index is 0.0256. The van der Waals surface area contributed by atoms with Gasteiger partial charge in [-0.15, -0.1) is 0 Å². The lowest BCUT2D eigenvalue weighted by atomic mass is 9.92. The third kappa shape index (κ3) is 7.38. The third-order valence-electron chi connectivity index (χ3n) is 10.9. The van der Waals surface area contributed by atoms with E-state index in [0.717, 1.165) is 54.2 Å². The zero-order valence-electron chi connectivity index (χ0n) is 31.1. The van der Waals surface area contributed by atoms with E-state index in [4.69, 9.17) is 21.1 Å². The Morgan fingerprint density at radius 3 is 2.41 bits per heavy atom. The molecule has 1 fully saturated rings. The van der Waals surface area contributed by atoms with Crippen molar-refractivity contribution in [3.05, 3.63) is 141 Å². The Morgan fingerprint density at radius 1 is 0.944 bits per heavy atom. The summed E-state index contributed by atoms with van der Waals surface area (Å²) >= 11 is 6.67. The van der Waals surface area contributed by atoms with Crippen LogP contribution >= 0.6 is 11.6 Å². The number of hydrogen-bond acceptors (Lipinski definition) is 6. The lowest BCUT2D eigenvalue weighted by molar-refractivity contribution is 0.0193. The molecule has 10 heteroatoms. The topological polar surface area (TPSA) is 91.0 Å². The summed E-state index contributed by atoms with van der Waals surface area (Å²) in [5, 5.41) is 9.96. The molecule has 0 spiro atoms. The molecule has 276 valence electrons. The fourth-order valence-electron chi connectivity index (χ4n) is 7.68. The van der Waals surface area contributed by atoms with Gasteiger partial charge in [-0.05, 0) is 97.1 Å². The van der Waals surface area contributed by atoms with Crippen molar-refractivity contribution in [3.63, 3.8) is 0 Å². The maximum absolute atomic E-state index is 14.9. The van der Waals surface area contributed by atoms with Crippen LogP contribution in [-0.2, 0) is 31.3 Å². The molecule has 1 atom stereocenters. The molecule has 3 heterocycles. The second kappa shape index (κ2) is 15.9. The SMILES string of the molecule is COc1cccc(CN(C(=O)c2cc(-c3cc(Cl)ccc3C(=O)N3Cc4ccccc4CC3CN3CCOCC3)n(C)c2C)c2ccc(C#N)cc2)c1C. The van der Waals surface area contributed by atoms with Crippen LogP contribution in [0.25, 0.3) is 11.3 Å². The number of carbonyl (C=O) groups is 2. The van der Waals surface area contributed by atoms with Crippen molar-refractivity contribution in [2.75, 3.05) is 44.9 Å². The number of halogens is 1. The van der Waals surface area contributed by atoms with E-state index in [1.807, 2.05) is 72.8 Å². The summed E-state index contributed by atoms with van der Waals surface area (Å²) in [6, 6.07) is 30.6. The molecule has 1 saturated heterocycles. The Balaban J connectivity index is 1.27. The number of methoxy groups -OCH3 is 1. The Morgan fingerprint density at radius 2 is 1.69 bits per heavy atom. The Kier molecular flexibility index (Phi) is 10.9. The van der Waals surface area contributed by atoms with Crippen LogP contribution in [-0.4, -0.2) is 72.2 Å². The molecule has 54 heavy (non-hydrogen) atoms. The van der Waals surface area contributed by atoms with Crippen molar-refractivity contribution in [2.24, 2.45) is 7.05 Å². The molecule has 1 aromatic heterocycles. The van der Waals surface area contributed by atoms with Crippen LogP contribution in [0.4, 0.5) is 5.69 Å². The predicted octanol–water partition coefficient (Wildman–Crippen LogP) is 7.59. The van der Waals surface area contributed by atoms with Crippen LogP contribution in [0.1, 0.15) is 54.2 Å². The lowest BCUT2D eigenvalue weighted by Gasteiger charge is -2.40. The second-order valence-corrected chi connectivity index (χ2v) is 14.5. The zero-order chi connectivity index (χ0) is 37.9. The molecule has 0 radical (unpaired) electrons. The molecule has 2 amide bonds. The molecule has 5 aromatic rings. The quantitative estimate of drug-likeness (QED) is 0.155. The number of benzene rings is 4. The number of carbonyl (C=O) groups excluding carboxylic acids is 2. The standard InChI is InChI=1S/C44H44ClN5O4/c1-29-33(10-7-11-42(29)53-4)26-49(36-15-12-31(25-46)13-16-36)44(52)39-24-41(47(3)30(39)2)40-23-35(45)14-17-38(40)43(51)50-27-34-9-6-5-8-32(34)22-37(50)28-48-18-20-54-21-19-48/h5-17,23-24,37H,18-22,26-28H2,1-4H3. The minimum Gasteiger partial charge on any atom is -0.496 e. The van der Waals surface area contributed by atoms with E-state index in [1.165, 1.54) is 5.56 Å². The number of hydrogen-bond donors (Lipinski definition) is 0. The van der Waals surface area contributed by atoms with Crippen molar-refractivity contribution >= 4 is 29.1 Å². The minimum atomic E-state index is -0.214. The number of amides is 2. The highest BCUT2D eigenvalue weighted by molar-refractivity contribution is 6.31. The fourth-order valence-corrected chi connectivity index (χ4v) is 7.85. The number of aromatic nitrogens is 1. The van der Waals surface area contributed by atoms with Crippen LogP contribution < -0.4 is 9.64 Å². The van der Waals surface area contributed by atoms with Crippen LogP contribution in [0.5, 0.6) is 5.75 Å². The summed E-state index contributed by atoms with van der Waals surface area (Å²) in [6.45, 7) is 8.48. The van der Waals surface area contributed by atoms with Gasteiger partial charge in [-0.1, -0.05) is 48.0 Å². The van der Waals surface area contributed by atoms with E-state index >= 15 is 0 Å². The predicted molar refractivity (Wildman–Crippen MR) is 211 cm³/mol. The van der Waals surface area contributed by atoms with Crippen molar-refractivity contribution < 1.29 is 19.1 Å². The molecule has 0 saturated carbocycles. The van der Waals surface area contributed by atoms with E-state index < -0.39 is 0 Å². The van der Waals surface area contributed by atoms with Crippen molar-refractivity contribution in [3.8, 4) is 23.1 Å². The first-order valence-corrected chi connectivity index (χ1v) is 18.6. The maximum atomic E-state index is 14.9. The van der Waals surface area contributed by atoms with Crippen LogP contribution in [0, 0.1) is 25.2 Å². The van der Waals surface area contributed by atoms with E-state index in [-0.39, 0.29) is 24.4 Å². The number of nitrogens with zero attached hydrogens (tertiary/aromatic N) is 5. The third-order valence-corrected chi connectivity index (χ3v) is 11.2. The van der Waals surface area contributed by atoms with E-state index in [1.54, 1.807) is 42.3 Å². The molecule has 9 nitrogen and oxygen atoms in total. The molecule has 7 rings (SSSR count). The molecule has 0 N–H and O–H groups in total. The average Bonchev–Trinajstić information content (AvgIpc) is 3.50. The van der Waals surface area contributed by atoms with Gasteiger partial charge in [-0.25, -0.2) is 0 Å². The fraction of sp³-hybridized carbons (Fsp3) is 0.295. The van der Waals surface area contributed by atoms with Crippen molar-refractivity contribution in [2.45, 2.75) is 39.4 Å². The summed E-state index contributed by atoms with van der Waals surface area (Å²) < 4.78 is 13.2. The van der Waals surface area contributed by atoms with Gasteiger partial charge in [0.1, 0.15) is 5.75 Å². The van der Waals surface area contributed by atoms with Gasteiger partial charge in [0, 0.05) is 72.5 Å². The molecule has 1 unspecified atom stereocenters. The average molecular weight is 742 g/mol. The Hall–Kier alpha value is -5.40. The number of rotatable bonds is 9. The van der Waals surface area contributed by atoms with E-state index in [0.29, 0.717) is 58.4 Å². The van der Waals surface area contributed by atoms with Gasteiger partial charge in [0.25, 0.3) is 11.8 Å². The molecular formula is C44H44ClN5O4. The van der Waals surface area contributed by atoms with Gasteiger partial charge in [0.05, 0.1) is 44.1 Å². The van der Waals surface area contributed by atoms with E-state index in [2.05, 4.69) is 29.2 Å². The lowest BCUT2D eigenvalue weighted by Crippen LogP contribution is -2.52. The molecule has 0 bridgehead atoms. The van der Waals surface area contributed by atoms with Gasteiger partial charge in [-0.3, -0.25) is 14.5 Å². The van der Waals surface area contributed by atoms with Crippen molar-refractivity contribution in [1.82, 2.24) is 14.4 Å². The smallest absolute Gasteiger partial charge is 0.260 e. The molecule has 0 aliphatic carbocycles. The molecule has 4 aromatic carbocycles. The van der Waals surface area contributed by atoms with Crippen LogP contribution in [0.15, 0.2) is 91.0 Å². The first kappa shape index (κ1) is 36.9. The number of nitriles is 1. The number of ether oxygens (including phenoxy) is 2. The van der Waals surface area contributed by atoms with Gasteiger partial charge in [0.2, 0.25) is 0 Å². The van der Waals surface area contributed by atoms with Crippen molar-refractivity contribution in [1.29, 1.82) is 5.26 Å². The van der Waals surface area contributed by atoms with Crippen LogP contribution in [0.2, 0.25) is 5.02 Å². The highest BCUT2D eigenvalue weighted by Gasteiger charge is 2.34. The van der Waals surface area contributed by atoms with E-state index in [9.17, 15) is 14.9 Å². The van der Waals surface area contributed by atoms with Gasteiger partial charge >= 0.3 is 0 Å². The monoisotopic (exact) mass is 741 g/mol. The summed E-state index contributed by atoms with van der Waals surface area (Å²) in [5.41, 5.74) is 8.58. The van der Waals surface area contributed by atoms with Gasteiger partial charge < -0.3 is 23.8 Å². The largest absolute Gasteiger partial charge is 0.496 e. The molecule has 2 aliphatic heterocycles. The first-order chi connectivity index (χ1) is 26.2. The summed E-state index contributed by atoms with van der Waals surface area (Å²) in [5.74, 6) is 0.448. The first-order valence-electron chi connectivity index (χ1n) is 18.3. The highest BCUT2D eigenvalue weighted by atomic mass is 35.5. The summed E-state index contributed by atoms with van der Waals surface area (Å²) in [7, 11) is 3.54. The number of anilines is 1. The normalized spacial score (nSPS) is 15.7. The van der Waals surface area contributed by atoms with Gasteiger partial charge in [-0.2, -0.15) is 5.26 Å². The Labute approximate surface area is 321 Å². The Bertz CT molecular complexity index is 2230.